The first kappa shape index (κ1) is 15.3. The van der Waals surface area contributed by atoms with Gasteiger partial charge >= 0.3 is 0 Å². The van der Waals surface area contributed by atoms with E-state index in [0.29, 0.717) is 22.1 Å². The van der Waals surface area contributed by atoms with Gasteiger partial charge in [-0.3, -0.25) is 4.79 Å². The normalized spacial score (nSPS) is 12.0. The zero-order valence-electron chi connectivity index (χ0n) is 12.0. The number of rotatable bonds is 4. The van der Waals surface area contributed by atoms with Crippen molar-refractivity contribution in [2.24, 2.45) is 0 Å². The molecule has 0 N–H and O–H groups in total. The molecule has 0 aromatic heterocycles. The molecule has 3 heteroatoms. The van der Waals surface area contributed by atoms with Crippen molar-refractivity contribution in [2.45, 2.75) is 25.7 Å². The Kier molecular flexibility index (Phi) is 4.77. The predicted molar refractivity (Wildman–Crippen MR) is 84.7 cm³/mol. The first-order chi connectivity index (χ1) is 10.0. The van der Waals surface area contributed by atoms with Gasteiger partial charge in [0.05, 0.1) is 6.07 Å². The van der Waals surface area contributed by atoms with Gasteiger partial charge in [0.1, 0.15) is 5.92 Å². The van der Waals surface area contributed by atoms with E-state index in [9.17, 15) is 10.1 Å². The molecule has 0 amide bonds. The lowest BCUT2D eigenvalue weighted by atomic mass is 9.90. The molecular formula is C18H16ClNO. The van der Waals surface area contributed by atoms with Crippen LogP contribution in [0.4, 0.5) is 0 Å². The maximum Gasteiger partial charge on any atom is 0.184 e. The molecule has 1 unspecified atom stereocenters. The van der Waals surface area contributed by atoms with Crippen molar-refractivity contribution in [3.8, 4) is 6.07 Å². The quantitative estimate of drug-likeness (QED) is 0.749. The van der Waals surface area contributed by atoms with E-state index in [-0.39, 0.29) is 5.78 Å². The van der Waals surface area contributed by atoms with Gasteiger partial charge in [0.2, 0.25) is 0 Å². The summed E-state index contributed by atoms with van der Waals surface area (Å²) >= 11 is 5.90. The Hall–Kier alpha value is -2.11. The van der Waals surface area contributed by atoms with Crippen molar-refractivity contribution in [3.05, 3.63) is 70.2 Å². The Balaban J connectivity index is 2.31. The van der Waals surface area contributed by atoms with Crippen molar-refractivity contribution in [1.29, 1.82) is 5.26 Å². The molecule has 2 rings (SSSR count). The topological polar surface area (TPSA) is 40.9 Å². The fourth-order valence-electron chi connectivity index (χ4n) is 2.17. The van der Waals surface area contributed by atoms with E-state index in [4.69, 9.17) is 11.6 Å². The van der Waals surface area contributed by atoms with E-state index in [0.717, 1.165) is 0 Å². The number of carbonyl (C=O) groups excluding carboxylic acids is 1. The van der Waals surface area contributed by atoms with Crippen LogP contribution < -0.4 is 0 Å². The Morgan fingerprint density at radius 1 is 1.10 bits per heavy atom. The Morgan fingerprint density at radius 2 is 1.71 bits per heavy atom. The van der Waals surface area contributed by atoms with Crippen LogP contribution in [0.15, 0.2) is 48.5 Å². The van der Waals surface area contributed by atoms with Crippen LogP contribution in [0, 0.1) is 11.3 Å². The fraction of sp³-hybridized carbons (Fsp3) is 0.222. The second-order valence-corrected chi connectivity index (χ2v) is 5.69. The number of nitriles is 1. The third kappa shape index (κ3) is 3.51. The molecule has 0 fully saturated rings. The largest absolute Gasteiger partial charge is 0.292 e. The molecule has 2 nitrogen and oxygen atoms in total. The molecule has 21 heavy (non-hydrogen) atoms. The summed E-state index contributed by atoms with van der Waals surface area (Å²) < 4.78 is 0. The maximum absolute atomic E-state index is 12.5. The Bertz CT molecular complexity index is 683. The van der Waals surface area contributed by atoms with E-state index < -0.39 is 5.92 Å². The van der Waals surface area contributed by atoms with Crippen LogP contribution in [0.3, 0.4) is 0 Å². The molecule has 0 radical (unpaired) electrons. The molecule has 0 saturated heterocycles. The van der Waals surface area contributed by atoms with Crippen molar-refractivity contribution in [3.63, 3.8) is 0 Å². The van der Waals surface area contributed by atoms with Crippen LogP contribution in [0.5, 0.6) is 0 Å². The SMILES string of the molecule is CC(C)c1ccc(C(C#N)C(=O)c2cccc(Cl)c2)cc1. The molecule has 0 aliphatic rings. The number of ketones is 1. The van der Waals surface area contributed by atoms with Crippen LogP contribution >= 0.6 is 11.6 Å². The molecule has 0 bridgehead atoms. The minimum Gasteiger partial charge on any atom is -0.292 e. The van der Waals surface area contributed by atoms with Gasteiger partial charge in [-0.25, -0.2) is 0 Å². The number of hydrogen-bond donors (Lipinski definition) is 0. The van der Waals surface area contributed by atoms with Crippen molar-refractivity contribution >= 4 is 17.4 Å². The lowest BCUT2D eigenvalue weighted by Crippen LogP contribution is -2.11. The van der Waals surface area contributed by atoms with E-state index in [1.54, 1.807) is 24.3 Å². The fourth-order valence-corrected chi connectivity index (χ4v) is 2.36. The molecule has 0 heterocycles. The molecule has 0 spiro atoms. The second kappa shape index (κ2) is 6.56. The monoisotopic (exact) mass is 297 g/mol. The number of Topliss-reactive ketones (excluding diaryl/α,β-unsaturated/α-hetero) is 1. The van der Waals surface area contributed by atoms with Crippen LogP contribution in [-0.2, 0) is 0 Å². The minimum absolute atomic E-state index is 0.225. The van der Waals surface area contributed by atoms with Gasteiger partial charge in [-0.2, -0.15) is 5.26 Å². The molecule has 2 aromatic rings. The average Bonchev–Trinajstić information content (AvgIpc) is 2.48. The summed E-state index contributed by atoms with van der Waals surface area (Å²) in [5.74, 6) is -0.606. The highest BCUT2D eigenvalue weighted by Gasteiger charge is 2.22. The third-order valence-electron chi connectivity index (χ3n) is 3.44. The molecule has 0 aliphatic heterocycles. The van der Waals surface area contributed by atoms with Crippen molar-refractivity contribution in [1.82, 2.24) is 0 Å². The van der Waals surface area contributed by atoms with Crippen LogP contribution in [-0.4, -0.2) is 5.78 Å². The van der Waals surface area contributed by atoms with E-state index in [1.165, 1.54) is 5.56 Å². The molecule has 106 valence electrons. The lowest BCUT2D eigenvalue weighted by Gasteiger charge is -2.11. The van der Waals surface area contributed by atoms with Gasteiger partial charge in [0.25, 0.3) is 0 Å². The summed E-state index contributed by atoms with van der Waals surface area (Å²) in [5, 5.41) is 9.85. The van der Waals surface area contributed by atoms with Crippen LogP contribution in [0.2, 0.25) is 5.02 Å². The average molecular weight is 298 g/mol. The van der Waals surface area contributed by atoms with Gasteiger partial charge in [-0.05, 0) is 29.2 Å². The standard InChI is InChI=1S/C18H16ClNO/c1-12(2)13-6-8-14(9-7-13)17(11-20)18(21)15-4-3-5-16(19)10-15/h3-10,12,17H,1-2H3. The maximum atomic E-state index is 12.5. The van der Waals surface area contributed by atoms with E-state index >= 15 is 0 Å². The number of nitrogens with zero attached hydrogens (tertiary/aromatic N) is 1. The third-order valence-corrected chi connectivity index (χ3v) is 3.67. The highest BCUT2D eigenvalue weighted by molar-refractivity contribution is 6.31. The highest BCUT2D eigenvalue weighted by Crippen LogP contribution is 2.24. The number of carbonyl (C=O) groups is 1. The van der Waals surface area contributed by atoms with Gasteiger partial charge in [-0.15, -0.1) is 0 Å². The molecular weight excluding hydrogens is 282 g/mol. The minimum atomic E-state index is -0.801. The lowest BCUT2D eigenvalue weighted by molar-refractivity contribution is 0.0979. The Labute approximate surface area is 130 Å². The second-order valence-electron chi connectivity index (χ2n) is 5.26. The molecule has 2 aromatic carbocycles. The zero-order chi connectivity index (χ0) is 15.4. The number of benzene rings is 2. The number of hydrogen-bond acceptors (Lipinski definition) is 2. The van der Waals surface area contributed by atoms with Gasteiger partial charge in [0.15, 0.2) is 5.78 Å². The van der Waals surface area contributed by atoms with Crippen molar-refractivity contribution < 1.29 is 4.79 Å². The summed E-state index contributed by atoms with van der Waals surface area (Å²) in [5.41, 5.74) is 2.36. The number of halogens is 1. The summed E-state index contributed by atoms with van der Waals surface area (Å²) in [6.45, 7) is 4.21. The first-order valence-corrected chi connectivity index (χ1v) is 7.20. The smallest absolute Gasteiger partial charge is 0.184 e. The summed E-state index contributed by atoms with van der Waals surface area (Å²) in [6.07, 6.45) is 0. The highest BCUT2D eigenvalue weighted by atomic mass is 35.5. The molecule has 0 saturated carbocycles. The van der Waals surface area contributed by atoms with E-state index in [1.807, 2.05) is 24.3 Å². The zero-order valence-corrected chi connectivity index (χ0v) is 12.8. The van der Waals surface area contributed by atoms with Gasteiger partial charge < -0.3 is 0 Å². The molecule has 0 aliphatic carbocycles. The Morgan fingerprint density at radius 3 is 2.24 bits per heavy atom. The van der Waals surface area contributed by atoms with Gasteiger partial charge in [-0.1, -0.05) is 61.8 Å². The summed E-state index contributed by atoms with van der Waals surface area (Å²) in [4.78, 5) is 12.5. The van der Waals surface area contributed by atoms with Crippen LogP contribution in [0.25, 0.3) is 0 Å². The molecule has 1 atom stereocenters. The first-order valence-electron chi connectivity index (χ1n) is 6.82. The van der Waals surface area contributed by atoms with E-state index in [2.05, 4.69) is 19.9 Å². The van der Waals surface area contributed by atoms with Crippen molar-refractivity contribution in [2.75, 3.05) is 0 Å². The summed E-state index contributed by atoms with van der Waals surface area (Å²) in [6, 6.07) is 16.4. The predicted octanol–water partition coefficient (Wildman–Crippen LogP) is 4.95. The van der Waals surface area contributed by atoms with Gasteiger partial charge in [0, 0.05) is 10.6 Å². The van der Waals surface area contributed by atoms with Crippen LogP contribution in [0.1, 0.15) is 47.2 Å². The summed E-state index contributed by atoms with van der Waals surface area (Å²) in [7, 11) is 0.